The Kier molecular flexibility index (Phi) is 5.28. The highest BCUT2D eigenvalue weighted by Gasteiger charge is 2.54. The van der Waals surface area contributed by atoms with Crippen LogP contribution >= 0.6 is 0 Å². The third-order valence-electron chi connectivity index (χ3n) is 6.87. The molecule has 1 aromatic carbocycles. The van der Waals surface area contributed by atoms with E-state index in [-0.39, 0.29) is 29.9 Å². The molecule has 7 heteroatoms. The maximum atomic E-state index is 13.9. The van der Waals surface area contributed by atoms with Crippen LogP contribution in [0.2, 0.25) is 0 Å². The van der Waals surface area contributed by atoms with Gasteiger partial charge in [-0.2, -0.15) is 5.26 Å². The van der Waals surface area contributed by atoms with Gasteiger partial charge in [-0.3, -0.25) is 9.59 Å². The van der Waals surface area contributed by atoms with E-state index in [1.807, 2.05) is 6.07 Å². The van der Waals surface area contributed by atoms with E-state index >= 15 is 0 Å². The van der Waals surface area contributed by atoms with Gasteiger partial charge in [0.15, 0.2) is 0 Å². The molecule has 1 atom stereocenters. The third-order valence-corrected chi connectivity index (χ3v) is 6.87. The van der Waals surface area contributed by atoms with E-state index in [4.69, 9.17) is 0 Å². The van der Waals surface area contributed by atoms with Crippen molar-refractivity contribution in [1.82, 2.24) is 10.6 Å². The average molecular weight is 401 g/mol. The van der Waals surface area contributed by atoms with Gasteiger partial charge in [-0.15, -0.1) is 0 Å². The zero-order valence-corrected chi connectivity index (χ0v) is 16.2. The van der Waals surface area contributed by atoms with E-state index in [1.165, 1.54) is 19.3 Å². The molecule has 4 aliphatic rings. The van der Waals surface area contributed by atoms with Gasteiger partial charge < -0.3 is 10.6 Å². The molecule has 5 nitrogen and oxygen atoms in total. The number of rotatable bonds is 6. The van der Waals surface area contributed by atoms with Crippen LogP contribution in [0.25, 0.3) is 0 Å². The molecule has 4 bridgehead atoms. The molecule has 154 valence electrons. The van der Waals surface area contributed by atoms with E-state index in [0.717, 1.165) is 31.4 Å². The fourth-order valence-electron chi connectivity index (χ4n) is 6.01. The second kappa shape index (κ2) is 7.74. The number of nitrogens with one attached hydrogen (secondary N) is 2. The summed E-state index contributed by atoms with van der Waals surface area (Å²) in [5, 5.41) is 14.6. The minimum Gasteiger partial charge on any atom is -0.355 e. The number of carbonyl (C=O) groups excluding carboxylic acids is 2. The largest absolute Gasteiger partial charge is 0.355 e. The molecular weight excluding hydrogens is 376 g/mol. The van der Waals surface area contributed by atoms with Crippen LogP contribution in [0.5, 0.6) is 0 Å². The quantitative estimate of drug-likeness (QED) is 0.767. The number of halogens is 2. The lowest BCUT2D eigenvalue weighted by Crippen LogP contribution is -2.53. The number of nitrogens with zero attached hydrogens (tertiary/aromatic N) is 1. The highest BCUT2D eigenvalue weighted by atomic mass is 19.1. The molecule has 5 rings (SSSR count). The molecule has 0 aliphatic heterocycles. The first-order valence-electron chi connectivity index (χ1n) is 10.3. The zero-order chi connectivity index (χ0) is 20.6. The van der Waals surface area contributed by atoms with Crippen molar-refractivity contribution >= 4 is 11.8 Å². The number of hydrogen-bond donors (Lipinski definition) is 2. The lowest BCUT2D eigenvalue weighted by atomic mass is 9.49. The Morgan fingerprint density at radius 1 is 1.14 bits per heavy atom. The molecule has 4 aliphatic carbocycles. The van der Waals surface area contributed by atoms with Crippen LogP contribution in [0.3, 0.4) is 0 Å². The Labute approximate surface area is 168 Å². The van der Waals surface area contributed by atoms with Crippen molar-refractivity contribution in [3.8, 4) is 6.07 Å². The minimum absolute atomic E-state index is 0.000893. The summed E-state index contributed by atoms with van der Waals surface area (Å²) in [6.07, 6.45) is 6.63. The molecule has 1 unspecified atom stereocenters. The maximum absolute atomic E-state index is 13.9. The number of benzene rings is 1. The number of carbonyl (C=O) groups is 2. The summed E-state index contributed by atoms with van der Waals surface area (Å²) >= 11 is 0. The first kappa shape index (κ1) is 19.8. The van der Waals surface area contributed by atoms with E-state index in [0.29, 0.717) is 23.8 Å². The fraction of sp³-hybridized carbons (Fsp3) is 0.591. The van der Waals surface area contributed by atoms with Crippen LogP contribution in [-0.2, 0) is 9.59 Å². The maximum Gasteiger partial charge on any atom is 0.226 e. The Hall–Kier alpha value is -2.49. The van der Waals surface area contributed by atoms with E-state index in [2.05, 4.69) is 10.6 Å². The van der Waals surface area contributed by atoms with Crippen LogP contribution in [-0.4, -0.2) is 18.4 Å². The van der Waals surface area contributed by atoms with Gasteiger partial charge in [0.2, 0.25) is 11.8 Å². The first-order chi connectivity index (χ1) is 13.9. The second-order valence-corrected chi connectivity index (χ2v) is 9.00. The summed E-state index contributed by atoms with van der Waals surface area (Å²) in [6.45, 7) is 0.177. The molecule has 4 saturated carbocycles. The van der Waals surface area contributed by atoms with Gasteiger partial charge in [0.1, 0.15) is 17.7 Å². The standard InChI is InChI=1S/C22H25F2N3O2/c23-16-1-2-17(18(24)8-16)19(12-25)27-20(28)3-4-26-21(29)22-9-13-5-14(10-22)7-15(6-13)11-22/h1-2,8,13-15,19H,3-7,9-11H2,(H,26,29)(H,27,28). The van der Waals surface area contributed by atoms with Crippen LogP contribution in [0.4, 0.5) is 8.78 Å². The van der Waals surface area contributed by atoms with Crippen molar-refractivity contribution in [3.05, 3.63) is 35.4 Å². The van der Waals surface area contributed by atoms with Gasteiger partial charge in [0.25, 0.3) is 0 Å². The molecule has 0 saturated heterocycles. The zero-order valence-electron chi connectivity index (χ0n) is 16.2. The van der Waals surface area contributed by atoms with Gasteiger partial charge in [-0.25, -0.2) is 8.78 Å². The van der Waals surface area contributed by atoms with Gasteiger partial charge in [0, 0.05) is 30.0 Å². The topological polar surface area (TPSA) is 82.0 Å². The van der Waals surface area contributed by atoms with Crippen molar-refractivity contribution < 1.29 is 18.4 Å². The van der Waals surface area contributed by atoms with Crippen LogP contribution < -0.4 is 10.6 Å². The highest BCUT2D eigenvalue weighted by molar-refractivity contribution is 5.84. The molecule has 1 aromatic rings. The second-order valence-electron chi connectivity index (χ2n) is 9.00. The Bertz CT molecular complexity index is 829. The molecule has 2 N–H and O–H groups in total. The predicted octanol–water partition coefficient (Wildman–Crippen LogP) is 3.37. The van der Waals surface area contributed by atoms with Crippen molar-refractivity contribution in [1.29, 1.82) is 5.26 Å². The molecule has 2 amide bonds. The fourth-order valence-corrected chi connectivity index (χ4v) is 6.01. The number of amides is 2. The summed E-state index contributed by atoms with van der Waals surface area (Å²) in [5.74, 6) is -0.0580. The number of hydrogen-bond acceptors (Lipinski definition) is 3. The summed E-state index contributed by atoms with van der Waals surface area (Å²) in [7, 11) is 0. The van der Waals surface area contributed by atoms with Crippen molar-refractivity contribution in [2.24, 2.45) is 23.2 Å². The summed E-state index contributed by atoms with van der Waals surface area (Å²) in [5.41, 5.74) is -0.350. The lowest BCUT2D eigenvalue weighted by Gasteiger charge is -2.55. The van der Waals surface area contributed by atoms with E-state index in [1.54, 1.807) is 0 Å². The lowest BCUT2D eigenvalue weighted by molar-refractivity contribution is -0.146. The predicted molar refractivity (Wildman–Crippen MR) is 101 cm³/mol. The Balaban J connectivity index is 1.29. The summed E-state index contributed by atoms with van der Waals surface area (Å²) < 4.78 is 26.9. The van der Waals surface area contributed by atoms with E-state index in [9.17, 15) is 23.6 Å². The molecule has 0 spiro atoms. The van der Waals surface area contributed by atoms with Crippen LogP contribution in [0.15, 0.2) is 18.2 Å². The van der Waals surface area contributed by atoms with E-state index < -0.39 is 23.6 Å². The molecule has 4 fully saturated rings. The Morgan fingerprint density at radius 3 is 2.31 bits per heavy atom. The average Bonchev–Trinajstić information content (AvgIpc) is 2.65. The molecular formula is C22H25F2N3O2. The molecule has 0 heterocycles. The van der Waals surface area contributed by atoms with Gasteiger partial charge in [-0.05, 0) is 62.3 Å². The summed E-state index contributed by atoms with van der Waals surface area (Å²) in [6, 6.07) is 3.48. The monoisotopic (exact) mass is 401 g/mol. The first-order valence-corrected chi connectivity index (χ1v) is 10.3. The molecule has 29 heavy (non-hydrogen) atoms. The van der Waals surface area contributed by atoms with Gasteiger partial charge in [0.05, 0.1) is 6.07 Å². The van der Waals surface area contributed by atoms with Crippen molar-refractivity contribution in [3.63, 3.8) is 0 Å². The van der Waals surface area contributed by atoms with Crippen LogP contribution in [0, 0.1) is 46.1 Å². The Morgan fingerprint density at radius 2 is 1.76 bits per heavy atom. The third kappa shape index (κ3) is 3.98. The minimum atomic E-state index is -1.21. The normalized spacial score (nSPS) is 30.4. The summed E-state index contributed by atoms with van der Waals surface area (Å²) in [4.78, 5) is 25.1. The molecule has 0 radical (unpaired) electrons. The van der Waals surface area contributed by atoms with Crippen molar-refractivity contribution in [2.75, 3.05) is 6.54 Å². The van der Waals surface area contributed by atoms with Gasteiger partial charge in [-0.1, -0.05) is 6.07 Å². The number of nitriles is 1. The molecule has 0 aromatic heterocycles. The SMILES string of the molecule is N#CC(NC(=O)CCNC(=O)C12CC3CC(CC(C3)C1)C2)c1ccc(F)cc1F. The van der Waals surface area contributed by atoms with Gasteiger partial charge >= 0.3 is 0 Å². The smallest absolute Gasteiger partial charge is 0.226 e. The van der Waals surface area contributed by atoms with Crippen molar-refractivity contribution in [2.45, 2.75) is 51.0 Å². The van der Waals surface area contributed by atoms with Crippen LogP contribution in [0.1, 0.15) is 56.6 Å². The highest BCUT2D eigenvalue weighted by Crippen LogP contribution is 2.60.